The third kappa shape index (κ3) is 3.98. The van der Waals surface area contributed by atoms with Gasteiger partial charge in [0, 0.05) is 7.05 Å². The van der Waals surface area contributed by atoms with Crippen molar-refractivity contribution in [1.29, 1.82) is 0 Å². The van der Waals surface area contributed by atoms with Crippen LogP contribution in [0.15, 0.2) is 66.5 Å². The fraction of sp³-hybridized carbons (Fsp3) is 0.0476. The van der Waals surface area contributed by atoms with E-state index < -0.39 is 11.8 Å². The number of benzene rings is 2. The first-order valence-corrected chi connectivity index (χ1v) is 10.3. The lowest BCUT2D eigenvalue weighted by Crippen LogP contribution is -2.54. The second-order valence-electron chi connectivity index (χ2n) is 6.40. The Labute approximate surface area is 191 Å². The molecule has 9 heteroatoms. The van der Waals surface area contributed by atoms with E-state index in [1.54, 1.807) is 42.2 Å². The summed E-state index contributed by atoms with van der Waals surface area (Å²) < 4.78 is 8.20. The number of imidazole rings is 1. The van der Waals surface area contributed by atoms with Crippen molar-refractivity contribution in [3.63, 3.8) is 0 Å². The molecule has 2 amide bonds. The second-order valence-corrected chi connectivity index (χ2v) is 7.81. The van der Waals surface area contributed by atoms with Gasteiger partial charge < -0.3 is 9.30 Å². The molecule has 7 nitrogen and oxygen atoms in total. The fourth-order valence-electron chi connectivity index (χ4n) is 2.89. The van der Waals surface area contributed by atoms with Crippen molar-refractivity contribution in [2.75, 3.05) is 4.90 Å². The maximum Gasteiger partial charge on any atom is 0.270 e. The zero-order chi connectivity index (χ0) is 21.3. The van der Waals surface area contributed by atoms with Crippen LogP contribution in [0.1, 0.15) is 5.69 Å². The maximum absolute atomic E-state index is 13.1. The predicted molar refractivity (Wildman–Crippen MR) is 125 cm³/mol. The minimum Gasteiger partial charge on any atom is -0.457 e. The van der Waals surface area contributed by atoms with Gasteiger partial charge in [0.15, 0.2) is 5.11 Å². The number of hydrogen-bond acceptors (Lipinski definition) is 5. The van der Waals surface area contributed by atoms with Gasteiger partial charge in [-0.2, -0.15) is 0 Å². The van der Waals surface area contributed by atoms with E-state index in [1.165, 1.54) is 11.0 Å². The van der Waals surface area contributed by atoms with Crippen LogP contribution in [0.5, 0.6) is 11.5 Å². The highest BCUT2D eigenvalue weighted by Gasteiger charge is 2.34. The molecular formula is C21H15IN4O3S. The summed E-state index contributed by atoms with van der Waals surface area (Å²) in [6.07, 6.45) is 3.14. The van der Waals surface area contributed by atoms with Crippen LogP contribution in [0.3, 0.4) is 0 Å². The number of thiocarbonyl (C=S) groups is 1. The minimum absolute atomic E-state index is 0.0188. The third-order valence-corrected chi connectivity index (χ3v) is 5.51. The number of aromatic nitrogens is 2. The first kappa shape index (κ1) is 20.2. The van der Waals surface area contributed by atoms with Crippen LogP contribution in [0.25, 0.3) is 6.08 Å². The highest BCUT2D eigenvalue weighted by Crippen LogP contribution is 2.27. The zero-order valence-corrected chi connectivity index (χ0v) is 18.7. The molecule has 0 saturated carbocycles. The van der Waals surface area contributed by atoms with E-state index in [4.69, 9.17) is 17.0 Å². The van der Waals surface area contributed by atoms with Crippen molar-refractivity contribution in [3.8, 4) is 11.5 Å². The molecule has 1 fully saturated rings. The predicted octanol–water partition coefficient (Wildman–Crippen LogP) is 3.65. The number of carbonyl (C=O) groups is 2. The number of halogens is 1. The van der Waals surface area contributed by atoms with Crippen LogP contribution in [-0.2, 0) is 16.6 Å². The Kier molecular flexibility index (Phi) is 5.64. The molecule has 30 heavy (non-hydrogen) atoms. The van der Waals surface area contributed by atoms with E-state index in [-0.39, 0.29) is 10.7 Å². The molecule has 0 aliphatic carbocycles. The van der Waals surface area contributed by atoms with Crippen molar-refractivity contribution in [3.05, 3.63) is 75.9 Å². The van der Waals surface area contributed by atoms with Crippen LogP contribution in [0.4, 0.5) is 5.69 Å². The number of nitrogens with one attached hydrogen (secondary N) is 1. The SMILES string of the molecule is Cn1cnc(I)c1C=C1C(=O)NC(=S)N(c2ccc(Oc3ccccc3)cc2)C1=O. The summed E-state index contributed by atoms with van der Waals surface area (Å²) in [6, 6.07) is 16.3. The van der Waals surface area contributed by atoms with Crippen LogP contribution in [-0.4, -0.2) is 26.5 Å². The number of nitrogens with zero attached hydrogens (tertiary/aromatic N) is 3. The van der Waals surface area contributed by atoms with Crippen molar-refractivity contribution in [1.82, 2.24) is 14.9 Å². The Morgan fingerprint density at radius 3 is 2.37 bits per heavy atom. The van der Waals surface area contributed by atoms with E-state index in [0.29, 0.717) is 26.6 Å². The van der Waals surface area contributed by atoms with E-state index in [9.17, 15) is 9.59 Å². The lowest BCUT2D eigenvalue weighted by Gasteiger charge is -2.29. The summed E-state index contributed by atoms with van der Waals surface area (Å²) in [7, 11) is 1.79. The van der Waals surface area contributed by atoms with E-state index >= 15 is 0 Å². The molecule has 0 radical (unpaired) electrons. The van der Waals surface area contributed by atoms with Crippen LogP contribution >= 0.6 is 34.8 Å². The van der Waals surface area contributed by atoms with Crippen molar-refractivity contribution >= 4 is 63.5 Å². The summed E-state index contributed by atoms with van der Waals surface area (Å²) >= 11 is 7.30. The molecule has 1 N–H and O–H groups in total. The van der Waals surface area contributed by atoms with E-state index in [1.807, 2.05) is 30.3 Å². The average molecular weight is 530 g/mol. The number of rotatable bonds is 4. The third-order valence-electron chi connectivity index (χ3n) is 4.39. The Morgan fingerprint density at radius 2 is 1.73 bits per heavy atom. The average Bonchev–Trinajstić information content (AvgIpc) is 3.04. The van der Waals surface area contributed by atoms with E-state index in [0.717, 1.165) is 0 Å². The van der Waals surface area contributed by atoms with Crippen LogP contribution < -0.4 is 15.0 Å². The molecule has 1 aromatic heterocycles. The Hall–Kier alpha value is -3.05. The van der Waals surface area contributed by atoms with Gasteiger partial charge >= 0.3 is 0 Å². The van der Waals surface area contributed by atoms with Gasteiger partial charge in [0.05, 0.1) is 17.7 Å². The molecule has 1 aliphatic rings. The summed E-state index contributed by atoms with van der Waals surface area (Å²) in [4.78, 5) is 31.0. The lowest BCUT2D eigenvalue weighted by molar-refractivity contribution is -0.122. The number of aryl methyl sites for hydroxylation is 1. The van der Waals surface area contributed by atoms with Gasteiger partial charge in [-0.1, -0.05) is 18.2 Å². The molecule has 0 spiro atoms. The van der Waals surface area contributed by atoms with Crippen LogP contribution in [0, 0.1) is 3.70 Å². The van der Waals surface area contributed by atoms with Crippen molar-refractivity contribution in [2.45, 2.75) is 0 Å². The summed E-state index contributed by atoms with van der Waals surface area (Å²) in [5.74, 6) is 0.280. The molecule has 0 atom stereocenters. The zero-order valence-electron chi connectivity index (χ0n) is 15.7. The standard InChI is InChI=1S/C21H15IN4O3S/c1-25-12-23-18(22)17(25)11-16-19(27)24-21(30)26(20(16)28)13-7-9-15(10-8-13)29-14-5-3-2-4-6-14/h2-12H,1H3,(H,24,27,30). The number of amides is 2. The fourth-order valence-corrected chi connectivity index (χ4v) is 3.83. The number of anilines is 1. The Morgan fingerprint density at radius 1 is 1.07 bits per heavy atom. The first-order valence-electron chi connectivity index (χ1n) is 8.85. The van der Waals surface area contributed by atoms with Gasteiger partial charge in [0.25, 0.3) is 11.8 Å². The van der Waals surface area contributed by atoms with Gasteiger partial charge in [-0.15, -0.1) is 0 Å². The molecular weight excluding hydrogens is 515 g/mol. The molecule has 1 aliphatic heterocycles. The Balaban J connectivity index is 1.62. The van der Waals surface area contributed by atoms with Gasteiger partial charge in [0.2, 0.25) is 0 Å². The molecule has 0 bridgehead atoms. The maximum atomic E-state index is 13.1. The highest BCUT2D eigenvalue weighted by molar-refractivity contribution is 14.1. The summed E-state index contributed by atoms with van der Waals surface area (Å²) in [5, 5.41) is 2.61. The lowest BCUT2D eigenvalue weighted by atomic mass is 10.1. The highest BCUT2D eigenvalue weighted by atomic mass is 127. The molecule has 150 valence electrons. The largest absolute Gasteiger partial charge is 0.457 e. The quantitative estimate of drug-likeness (QED) is 0.241. The van der Waals surface area contributed by atoms with Gasteiger partial charge in [-0.3, -0.25) is 19.8 Å². The normalized spacial score (nSPS) is 15.5. The number of carbonyl (C=O) groups excluding carboxylic acids is 2. The molecule has 2 aromatic carbocycles. The topological polar surface area (TPSA) is 76.5 Å². The van der Waals surface area contributed by atoms with E-state index in [2.05, 4.69) is 32.9 Å². The van der Waals surface area contributed by atoms with Gasteiger partial charge in [-0.25, -0.2) is 4.98 Å². The summed E-state index contributed by atoms with van der Waals surface area (Å²) in [5.41, 5.74) is 1.17. The number of hydrogen-bond donors (Lipinski definition) is 1. The second kappa shape index (κ2) is 8.36. The monoisotopic (exact) mass is 530 g/mol. The number of para-hydroxylation sites is 1. The number of ether oxygens (including phenoxy) is 1. The van der Waals surface area contributed by atoms with Crippen molar-refractivity contribution < 1.29 is 14.3 Å². The molecule has 3 aromatic rings. The van der Waals surface area contributed by atoms with Crippen LogP contribution in [0.2, 0.25) is 0 Å². The summed E-state index contributed by atoms with van der Waals surface area (Å²) in [6.45, 7) is 0. The first-order chi connectivity index (χ1) is 14.4. The van der Waals surface area contributed by atoms with Gasteiger partial charge in [0.1, 0.15) is 20.8 Å². The van der Waals surface area contributed by atoms with Crippen molar-refractivity contribution in [2.24, 2.45) is 7.05 Å². The molecule has 1 saturated heterocycles. The van der Waals surface area contributed by atoms with Gasteiger partial charge in [-0.05, 0) is 77.3 Å². The molecule has 2 heterocycles. The molecule has 0 unspecified atom stereocenters. The minimum atomic E-state index is -0.540. The molecule has 4 rings (SSSR count). The Bertz CT molecular complexity index is 1150. The smallest absolute Gasteiger partial charge is 0.270 e.